The molecule has 102 valence electrons. The van der Waals surface area contributed by atoms with E-state index in [1.165, 1.54) is 17.0 Å². The maximum Gasteiger partial charge on any atom is 0.573 e. The number of hydrogen-bond acceptors (Lipinski definition) is 3. The van der Waals surface area contributed by atoms with E-state index in [2.05, 4.69) is 20.7 Å². The minimum absolute atomic E-state index is 0.0504. The largest absolute Gasteiger partial charge is 0.573 e. The Balaban J connectivity index is 2.24. The van der Waals surface area contributed by atoms with E-state index in [1.807, 2.05) is 0 Å². The first-order valence-electron chi connectivity index (χ1n) is 5.13. The van der Waals surface area contributed by atoms with Crippen molar-refractivity contribution in [2.75, 3.05) is 11.4 Å². The van der Waals surface area contributed by atoms with Crippen LogP contribution in [-0.4, -0.2) is 24.6 Å². The fourth-order valence-electron chi connectivity index (χ4n) is 1.68. The molecule has 1 heterocycles. The molecule has 8 heteroatoms. The number of rotatable bonds is 2. The van der Waals surface area contributed by atoms with E-state index in [0.29, 0.717) is 5.69 Å². The van der Waals surface area contributed by atoms with Gasteiger partial charge < -0.3 is 9.64 Å². The van der Waals surface area contributed by atoms with Crippen LogP contribution in [0.2, 0.25) is 0 Å². The lowest BCUT2D eigenvalue weighted by molar-refractivity contribution is -0.274. The van der Waals surface area contributed by atoms with Gasteiger partial charge in [0, 0.05) is 5.69 Å². The highest BCUT2D eigenvalue weighted by molar-refractivity contribution is 9.10. The highest BCUT2D eigenvalue weighted by Gasteiger charge is 2.33. The lowest BCUT2D eigenvalue weighted by atomic mass is 10.3. The van der Waals surface area contributed by atoms with Crippen LogP contribution in [0.25, 0.3) is 0 Å². The van der Waals surface area contributed by atoms with Crippen molar-refractivity contribution in [1.82, 2.24) is 0 Å². The van der Waals surface area contributed by atoms with Crippen molar-refractivity contribution in [3.8, 4) is 5.75 Å². The average molecular weight is 338 g/mol. The molecular weight excluding hydrogens is 331 g/mol. The summed E-state index contributed by atoms with van der Waals surface area (Å²) in [5.74, 6) is -1.01. The topological polar surface area (TPSA) is 46.6 Å². The standard InChI is InChI=1S/C11H7BrF3NO3/c12-8-3-6(16-5-7(17)4-10(16)18)1-2-9(8)19-11(13,14)15/h1-3H,4-5H2. The minimum Gasteiger partial charge on any atom is -0.405 e. The molecule has 1 saturated heterocycles. The second-order valence-electron chi connectivity index (χ2n) is 3.86. The second-order valence-corrected chi connectivity index (χ2v) is 4.71. The molecule has 1 aliphatic heterocycles. The summed E-state index contributed by atoms with van der Waals surface area (Å²) in [5.41, 5.74) is 0.345. The monoisotopic (exact) mass is 337 g/mol. The second kappa shape index (κ2) is 4.84. The molecule has 1 aromatic carbocycles. The Morgan fingerprint density at radius 2 is 1.95 bits per heavy atom. The Labute approximate surface area is 114 Å². The van der Waals surface area contributed by atoms with Gasteiger partial charge in [-0.3, -0.25) is 9.59 Å². The summed E-state index contributed by atoms with van der Waals surface area (Å²) in [6.45, 7) is -0.0647. The first kappa shape index (κ1) is 13.9. The Bertz CT molecular complexity index is 544. The van der Waals surface area contributed by atoms with Crippen LogP contribution >= 0.6 is 15.9 Å². The number of carbonyl (C=O) groups is 2. The number of benzene rings is 1. The molecule has 0 aromatic heterocycles. The van der Waals surface area contributed by atoms with Crippen molar-refractivity contribution in [1.29, 1.82) is 0 Å². The fourth-order valence-corrected chi connectivity index (χ4v) is 2.13. The Morgan fingerprint density at radius 1 is 1.26 bits per heavy atom. The van der Waals surface area contributed by atoms with Crippen LogP contribution in [0.15, 0.2) is 22.7 Å². The number of ether oxygens (including phenoxy) is 1. The van der Waals surface area contributed by atoms with Gasteiger partial charge in [0.15, 0.2) is 5.78 Å². The summed E-state index contributed by atoms with van der Waals surface area (Å²) in [7, 11) is 0. The summed E-state index contributed by atoms with van der Waals surface area (Å²) >= 11 is 2.93. The van der Waals surface area contributed by atoms with Gasteiger partial charge in [0.1, 0.15) is 5.75 Å². The fraction of sp³-hybridized carbons (Fsp3) is 0.273. The van der Waals surface area contributed by atoms with Gasteiger partial charge in [-0.05, 0) is 34.1 Å². The molecule has 19 heavy (non-hydrogen) atoms. The molecule has 0 aliphatic carbocycles. The maximum atomic E-state index is 12.1. The van der Waals surface area contributed by atoms with Gasteiger partial charge in [-0.15, -0.1) is 13.2 Å². The predicted molar refractivity (Wildman–Crippen MR) is 62.8 cm³/mol. The van der Waals surface area contributed by atoms with Gasteiger partial charge in [0.05, 0.1) is 17.4 Å². The van der Waals surface area contributed by atoms with Crippen molar-refractivity contribution in [2.24, 2.45) is 0 Å². The number of alkyl halides is 3. The quantitative estimate of drug-likeness (QED) is 0.779. The van der Waals surface area contributed by atoms with E-state index in [-0.39, 0.29) is 29.1 Å². The van der Waals surface area contributed by atoms with Crippen molar-refractivity contribution >= 4 is 33.3 Å². The Hall–Kier alpha value is -1.57. The summed E-state index contributed by atoms with van der Waals surface area (Å²) in [6, 6.07) is 3.68. The van der Waals surface area contributed by atoms with E-state index >= 15 is 0 Å². The highest BCUT2D eigenvalue weighted by Crippen LogP contribution is 2.34. The summed E-state index contributed by atoms with van der Waals surface area (Å²) < 4.78 is 40.1. The zero-order valence-electron chi connectivity index (χ0n) is 9.33. The molecule has 0 bridgehead atoms. The SMILES string of the molecule is O=C1CC(=O)N(c2ccc(OC(F)(F)F)c(Br)c2)C1. The molecule has 0 spiro atoms. The number of ketones is 1. The number of hydrogen-bond donors (Lipinski definition) is 0. The molecule has 2 rings (SSSR count). The van der Waals surface area contributed by atoms with Crippen LogP contribution in [0, 0.1) is 0 Å². The molecule has 0 atom stereocenters. The van der Waals surface area contributed by atoms with Crippen LogP contribution in [-0.2, 0) is 9.59 Å². The Morgan fingerprint density at radius 3 is 2.42 bits per heavy atom. The van der Waals surface area contributed by atoms with E-state index in [0.717, 1.165) is 6.07 Å². The number of anilines is 1. The van der Waals surface area contributed by atoms with Gasteiger partial charge in [-0.1, -0.05) is 0 Å². The maximum absolute atomic E-state index is 12.1. The van der Waals surface area contributed by atoms with Crippen molar-refractivity contribution in [3.63, 3.8) is 0 Å². The number of Topliss-reactive ketones (excluding diaryl/α,β-unsaturated/α-hetero) is 1. The van der Waals surface area contributed by atoms with E-state index in [1.54, 1.807) is 0 Å². The van der Waals surface area contributed by atoms with Crippen LogP contribution in [0.5, 0.6) is 5.75 Å². The molecule has 0 saturated carbocycles. The third kappa shape index (κ3) is 3.25. The van der Waals surface area contributed by atoms with Crippen molar-refractivity contribution in [2.45, 2.75) is 12.8 Å². The van der Waals surface area contributed by atoms with Crippen LogP contribution in [0.1, 0.15) is 6.42 Å². The lowest BCUT2D eigenvalue weighted by Crippen LogP contribution is -2.24. The molecule has 1 aromatic rings. The van der Waals surface area contributed by atoms with Crippen molar-refractivity contribution in [3.05, 3.63) is 22.7 Å². The van der Waals surface area contributed by atoms with E-state index in [9.17, 15) is 22.8 Å². The molecule has 0 radical (unpaired) electrons. The normalized spacial score (nSPS) is 16.1. The van der Waals surface area contributed by atoms with Crippen LogP contribution < -0.4 is 9.64 Å². The highest BCUT2D eigenvalue weighted by atomic mass is 79.9. The molecule has 4 nitrogen and oxygen atoms in total. The van der Waals surface area contributed by atoms with Gasteiger partial charge in [-0.2, -0.15) is 0 Å². The van der Waals surface area contributed by atoms with Gasteiger partial charge >= 0.3 is 6.36 Å². The number of carbonyl (C=O) groups excluding carboxylic acids is 2. The third-order valence-electron chi connectivity index (χ3n) is 2.44. The first-order valence-corrected chi connectivity index (χ1v) is 5.93. The summed E-state index contributed by atoms with van der Waals surface area (Å²) in [6.07, 6.45) is -4.97. The van der Waals surface area contributed by atoms with E-state index in [4.69, 9.17) is 0 Å². The average Bonchev–Trinajstić information content (AvgIpc) is 2.59. The summed E-state index contributed by atoms with van der Waals surface area (Å²) in [4.78, 5) is 23.8. The molecule has 1 amide bonds. The zero-order chi connectivity index (χ0) is 14.2. The number of halogens is 4. The van der Waals surface area contributed by atoms with Crippen molar-refractivity contribution < 1.29 is 27.5 Å². The summed E-state index contributed by atoms with van der Waals surface area (Å²) in [5, 5.41) is 0. The number of amides is 1. The zero-order valence-corrected chi connectivity index (χ0v) is 10.9. The van der Waals surface area contributed by atoms with Crippen LogP contribution in [0.3, 0.4) is 0 Å². The lowest BCUT2D eigenvalue weighted by Gasteiger charge is -2.17. The molecule has 0 N–H and O–H groups in total. The van der Waals surface area contributed by atoms with Gasteiger partial charge in [0.25, 0.3) is 0 Å². The molecule has 0 unspecified atom stereocenters. The molecular formula is C11H7BrF3NO3. The molecule has 1 aliphatic rings. The molecule has 1 fully saturated rings. The van der Waals surface area contributed by atoms with Gasteiger partial charge in [-0.25, -0.2) is 0 Å². The number of nitrogens with zero attached hydrogens (tertiary/aromatic N) is 1. The predicted octanol–water partition coefficient (Wildman–Crippen LogP) is 2.65. The first-order chi connectivity index (χ1) is 8.76. The third-order valence-corrected chi connectivity index (χ3v) is 3.06. The van der Waals surface area contributed by atoms with E-state index < -0.39 is 12.1 Å². The minimum atomic E-state index is -4.79. The Kier molecular flexibility index (Phi) is 3.53. The van der Waals surface area contributed by atoms with Crippen LogP contribution in [0.4, 0.5) is 18.9 Å². The smallest absolute Gasteiger partial charge is 0.405 e. The van der Waals surface area contributed by atoms with Gasteiger partial charge in [0.2, 0.25) is 5.91 Å².